The zero-order chi connectivity index (χ0) is 22.1. The van der Waals surface area contributed by atoms with Crippen molar-refractivity contribution in [3.8, 4) is 0 Å². The third-order valence-electron chi connectivity index (χ3n) is 4.65. The fourth-order valence-electron chi connectivity index (χ4n) is 3.00. The lowest BCUT2D eigenvalue weighted by Gasteiger charge is -2.40. The van der Waals surface area contributed by atoms with Crippen LogP contribution in [0, 0.1) is 5.41 Å². The molecule has 0 spiro atoms. The molecule has 0 aromatic carbocycles. The van der Waals surface area contributed by atoms with Crippen LogP contribution in [-0.2, 0) is 19.0 Å². The SMILES string of the molecule is CCCNC(=O)C(C)(C)CC(C)(C)OCC(COCC)(COC(C)(C)C)NC. The summed E-state index contributed by atoms with van der Waals surface area (Å²) in [6.45, 7) is 20.9. The largest absolute Gasteiger partial charge is 0.380 e. The first-order valence-corrected chi connectivity index (χ1v) is 10.6. The fourth-order valence-corrected chi connectivity index (χ4v) is 3.00. The molecule has 0 aliphatic heterocycles. The number of nitrogens with one attached hydrogen (secondary N) is 2. The first kappa shape index (κ1) is 27.3. The normalized spacial score (nSPS) is 15.4. The van der Waals surface area contributed by atoms with Crippen LogP contribution in [0.2, 0.25) is 0 Å². The summed E-state index contributed by atoms with van der Waals surface area (Å²) >= 11 is 0. The van der Waals surface area contributed by atoms with E-state index in [4.69, 9.17) is 14.2 Å². The van der Waals surface area contributed by atoms with E-state index in [9.17, 15) is 4.79 Å². The van der Waals surface area contributed by atoms with Gasteiger partial charge in [0.25, 0.3) is 0 Å². The quantitative estimate of drug-likeness (QED) is 0.465. The molecule has 2 N–H and O–H groups in total. The highest BCUT2D eigenvalue weighted by atomic mass is 16.5. The van der Waals surface area contributed by atoms with Crippen LogP contribution in [0.15, 0.2) is 0 Å². The Labute approximate surface area is 173 Å². The van der Waals surface area contributed by atoms with E-state index < -0.39 is 16.6 Å². The zero-order valence-electron chi connectivity index (χ0n) is 20.1. The van der Waals surface area contributed by atoms with Crippen LogP contribution in [0.4, 0.5) is 0 Å². The van der Waals surface area contributed by atoms with Gasteiger partial charge in [-0.05, 0) is 61.4 Å². The number of hydrogen-bond donors (Lipinski definition) is 2. The minimum Gasteiger partial charge on any atom is -0.380 e. The van der Waals surface area contributed by atoms with E-state index in [1.54, 1.807) is 0 Å². The van der Waals surface area contributed by atoms with Gasteiger partial charge in [0, 0.05) is 18.6 Å². The van der Waals surface area contributed by atoms with Gasteiger partial charge in [-0.1, -0.05) is 20.8 Å². The average Bonchev–Trinajstić information content (AvgIpc) is 2.57. The van der Waals surface area contributed by atoms with Crippen LogP contribution >= 0.6 is 0 Å². The van der Waals surface area contributed by atoms with Gasteiger partial charge in [0.1, 0.15) is 0 Å². The van der Waals surface area contributed by atoms with Crippen LogP contribution < -0.4 is 10.6 Å². The van der Waals surface area contributed by atoms with E-state index in [0.29, 0.717) is 39.4 Å². The topological polar surface area (TPSA) is 68.8 Å². The number of rotatable bonds is 14. The van der Waals surface area contributed by atoms with Crippen molar-refractivity contribution in [2.24, 2.45) is 5.41 Å². The van der Waals surface area contributed by atoms with Gasteiger partial charge in [0.2, 0.25) is 5.91 Å². The van der Waals surface area contributed by atoms with Crippen LogP contribution in [0.25, 0.3) is 0 Å². The van der Waals surface area contributed by atoms with Crippen molar-refractivity contribution in [1.29, 1.82) is 0 Å². The molecule has 0 rings (SSSR count). The van der Waals surface area contributed by atoms with Crippen molar-refractivity contribution < 1.29 is 19.0 Å². The predicted octanol–water partition coefficient (Wildman–Crippen LogP) is 3.53. The standard InChI is InChI=1S/C22H46N2O4/c1-11-13-24-18(25)20(6,7)14-21(8,9)28-17-22(23-10,15-26-12-2)16-27-19(3,4)5/h23H,11-17H2,1-10H3,(H,24,25). The van der Waals surface area contributed by atoms with Crippen molar-refractivity contribution >= 4 is 5.91 Å². The summed E-state index contributed by atoms with van der Waals surface area (Å²) < 4.78 is 18.1. The molecule has 0 bridgehead atoms. The van der Waals surface area contributed by atoms with Crippen molar-refractivity contribution in [3.05, 3.63) is 0 Å². The minimum atomic E-state index is -0.511. The maximum Gasteiger partial charge on any atom is 0.225 e. The Morgan fingerprint density at radius 1 is 0.893 bits per heavy atom. The highest BCUT2D eigenvalue weighted by molar-refractivity contribution is 5.81. The van der Waals surface area contributed by atoms with Gasteiger partial charge in [-0.2, -0.15) is 0 Å². The molecule has 0 fully saturated rings. The minimum absolute atomic E-state index is 0.0660. The van der Waals surface area contributed by atoms with E-state index in [0.717, 1.165) is 6.42 Å². The second-order valence-corrected chi connectivity index (χ2v) is 9.93. The number of carbonyl (C=O) groups excluding carboxylic acids is 1. The van der Waals surface area contributed by atoms with Crippen LogP contribution in [-0.4, -0.2) is 62.7 Å². The lowest BCUT2D eigenvalue weighted by molar-refractivity contribution is -0.139. The molecule has 1 atom stereocenters. The third-order valence-corrected chi connectivity index (χ3v) is 4.65. The molecule has 6 nitrogen and oxygen atoms in total. The Bertz CT molecular complexity index is 458. The lowest BCUT2D eigenvalue weighted by Crippen LogP contribution is -2.57. The molecule has 0 aromatic heterocycles. The number of ether oxygens (including phenoxy) is 3. The van der Waals surface area contributed by atoms with Gasteiger partial charge in [-0.15, -0.1) is 0 Å². The molecule has 1 unspecified atom stereocenters. The van der Waals surface area contributed by atoms with Crippen LogP contribution in [0.5, 0.6) is 0 Å². The molecular weight excluding hydrogens is 356 g/mol. The molecule has 0 heterocycles. The average molecular weight is 403 g/mol. The van der Waals surface area contributed by atoms with E-state index in [1.165, 1.54) is 0 Å². The molecule has 168 valence electrons. The van der Waals surface area contributed by atoms with Gasteiger partial charge < -0.3 is 24.8 Å². The van der Waals surface area contributed by atoms with Crippen molar-refractivity contribution in [2.45, 2.75) is 91.9 Å². The zero-order valence-corrected chi connectivity index (χ0v) is 20.1. The summed E-state index contributed by atoms with van der Waals surface area (Å²) in [5.41, 5.74) is -1.68. The Morgan fingerprint density at radius 2 is 1.46 bits per heavy atom. The summed E-state index contributed by atoms with van der Waals surface area (Å²) in [7, 11) is 1.91. The molecule has 0 aromatic rings. The van der Waals surface area contributed by atoms with E-state index >= 15 is 0 Å². The molecule has 1 amide bonds. The second-order valence-electron chi connectivity index (χ2n) is 9.93. The van der Waals surface area contributed by atoms with Crippen molar-refractivity contribution in [2.75, 3.05) is 40.0 Å². The number of hydrogen-bond acceptors (Lipinski definition) is 5. The number of carbonyl (C=O) groups is 1. The summed E-state index contributed by atoms with van der Waals surface area (Å²) in [5.74, 6) is 0.0660. The van der Waals surface area contributed by atoms with Crippen molar-refractivity contribution in [3.63, 3.8) is 0 Å². The molecule has 28 heavy (non-hydrogen) atoms. The van der Waals surface area contributed by atoms with Crippen molar-refractivity contribution in [1.82, 2.24) is 10.6 Å². The molecule has 0 saturated heterocycles. The van der Waals surface area contributed by atoms with Crippen LogP contribution in [0.1, 0.15) is 75.2 Å². The highest BCUT2D eigenvalue weighted by Gasteiger charge is 2.38. The Kier molecular flexibility index (Phi) is 11.2. The van der Waals surface area contributed by atoms with E-state index in [-0.39, 0.29) is 11.5 Å². The summed E-state index contributed by atoms with van der Waals surface area (Å²) in [5, 5.41) is 6.35. The lowest BCUT2D eigenvalue weighted by atomic mass is 9.80. The molecule has 0 aliphatic carbocycles. The summed E-state index contributed by atoms with van der Waals surface area (Å²) in [6, 6.07) is 0. The fraction of sp³-hybridized carbons (Fsp3) is 0.955. The predicted molar refractivity (Wildman–Crippen MR) is 116 cm³/mol. The highest BCUT2D eigenvalue weighted by Crippen LogP contribution is 2.31. The van der Waals surface area contributed by atoms with Gasteiger partial charge in [-0.3, -0.25) is 4.79 Å². The third kappa shape index (κ3) is 10.7. The second kappa shape index (κ2) is 11.5. The Balaban J connectivity index is 5.10. The van der Waals surface area contributed by atoms with E-state index in [2.05, 4.69) is 17.6 Å². The van der Waals surface area contributed by atoms with Crippen LogP contribution in [0.3, 0.4) is 0 Å². The molecule has 0 aliphatic rings. The molecule has 0 saturated carbocycles. The van der Waals surface area contributed by atoms with Gasteiger partial charge in [0.05, 0.1) is 36.6 Å². The molecule has 6 heteroatoms. The first-order valence-electron chi connectivity index (χ1n) is 10.6. The van der Waals surface area contributed by atoms with Gasteiger partial charge in [-0.25, -0.2) is 0 Å². The van der Waals surface area contributed by atoms with E-state index in [1.807, 2.05) is 62.4 Å². The number of amides is 1. The first-order chi connectivity index (χ1) is 12.7. The van der Waals surface area contributed by atoms with Gasteiger partial charge in [0.15, 0.2) is 0 Å². The Morgan fingerprint density at radius 3 is 1.93 bits per heavy atom. The smallest absolute Gasteiger partial charge is 0.225 e. The monoisotopic (exact) mass is 402 g/mol. The summed E-state index contributed by atoms with van der Waals surface area (Å²) in [4.78, 5) is 12.5. The maximum absolute atomic E-state index is 12.5. The molecular formula is C22H46N2O4. The Hall–Kier alpha value is -0.690. The van der Waals surface area contributed by atoms with Gasteiger partial charge >= 0.3 is 0 Å². The maximum atomic E-state index is 12.5. The summed E-state index contributed by atoms with van der Waals surface area (Å²) in [6.07, 6.45) is 1.54. The number of likely N-dealkylation sites (N-methyl/N-ethyl adjacent to an activating group) is 1. The molecule has 0 radical (unpaired) electrons.